The number of aromatic nitrogens is 1. The van der Waals surface area contributed by atoms with Crippen LogP contribution in [0, 0.1) is 5.82 Å². The van der Waals surface area contributed by atoms with Crippen LogP contribution in [0.3, 0.4) is 0 Å². The van der Waals surface area contributed by atoms with Gasteiger partial charge in [0, 0.05) is 40.5 Å². The lowest BCUT2D eigenvalue weighted by molar-refractivity contribution is 0.101. The molecule has 0 aliphatic heterocycles. The number of ketones is 1. The highest BCUT2D eigenvalue weighted by Crippen LogP contribution is 2.30. The molecule has 3 nitrogen and oxygen atoms in total. The molecule has 2 aromatic carbocycles. The first-order valence-corrected chi connectivity index (χ1v) is 8.50. The van der Waals surface area contributed by atoms with E-state index >= 15 is 0 Å². The molecule has 0 unspecified atom stereocenters. The van der Waals surface area contributed by atoms with Gasteiger partial charge in [0.25, 0.3) is 0 Å². The van der Waals surface area contributed by atoms with E-state index in [1.54, 1.807) is 13.0 Å². The van der Waals surface area contributed by atoms with Crippen LogP contribution in [0.25, 0.3) is 21.8 Å². The summed E-state index contributed by atoms with van der Waals surface area (Å²) < 4.78 is 16.0. The number of Topliss-reactive ketones (excluding diaryl/α,β-unsaturated/α-hetero) is 1. The zero-order valence-corrected chi connectivity index (χ0v) is 14.5. The molecule has 1 heterocycles. The maximum Gasteiger partial charge on any atom is 0.159 e. The molecule has 0 fully saturated rings. The molecule has 0 amide bonds. The molecule has 4 heteroatoms. The highest BCUT2D eigenvalue weighted by molar-refractivity contribution is 6.10. The first-order chi connectivity index (χ1) is 11.5. The SMILES string of the molecule is CCN(CC)CCn1c2ccc(F)cc2c2cc(C(C)=O)ccc21. The second-order valence-electron chi connectivity index (χ2n) is 6.13. The van der Waals surface area contributed by atoms with E-state index in [0.717, 1.165) is 48.0 Å². The average Bonchev–Trinajstić information content (AvgIpc) is 2.88. The van der Waals surface area contributed by atoms with Crippen molar-refractivity contribution in [2.45, 2.75) is 27.3 Å². The number of hydrogen-bond acceptors (Lipinski definition) is 2. The van der Waals surface area contributed by atoms with Gasteiger partial charge in [-0.2, -0.15) is 0 Å². The number of fused-ring (bicyclic) bond motifs is 3. The van der Waals surface area contributed by atoms with Crippen LogP contribution in [0.4, 0.5) is 4.39 Å². The second kappa shape index (κ2) is 6.73. The van der Waals surface area contributed by atoms with Crippen molar-refractivity contribution in [2.75, 3.05) is 19.6 Å². The molecule has 0 saturated heterocycles. The third kappa shape index (κ3) is 2.94. The summed E-state index contributed by atoms with van der Waals surface area (Å²) in [6, 6.07) is 10.6. The highest BCUT2D eigenvalue weighted by Gasteiger charge is 2.13. The van der Waals surface area contributed by atoms with Gasteiger partial charge in [-0.3, -0.25) is 4.79 Å². The summed E-state index contributed by atoms with van der Waals surface area (Å²) in [7, 11) is 0. The van der Waals surface area contributed by atoms with Crippen molar-refractivity contribution < 1.29 is 9.18 Å². The molecule has 0 radical (unpaired) electrons. The fraction of sp³-hybridized carbons (Fsp3) is 0.350. The van der Waals surface area contributed by atoms with Crippen molar-refractivity contribution in [1.82, 2.24) is 9.47 Å². The maximum atomic E-state index is 13.8. The topological polar surface area (TPSA) is 25.2 Å². The third-order valence-corrected chi connectivity index (χ3v) is 4.77. The van der Waals surface area contributed by atoms with Crippen LogP contribution in [0.1, 0.15) is 31.1 Å². The van der Waals surface area contributed by atoms with Gasteiger partial charge in [-0.15, -0.1) is 0 Å². The lowest BCUT2D eigenvalue weighted by Gasteiger charge is -2.19. The number of nitrogens with zero attached hydrogens (tertiary/aromatic N) is 2. The lowest BCUT2D eigenvalue weighted by atomic mass is 10.1. The molecule has 1 aromatic heterocycles. The lowest BCUT2D eigenvalue weighted by Crippen LogP contribution is -2.26. The van der Waals surface area contributed by atoms with Gasteiger partial charge in [0.2, 0.25) is 0 Å². The van der Waals surface area contributed by atoms with E-state index in [2.05, 4.69) is 23.3 Å². The zero-order valence-electron chi connectivity index (χ0n) is 14.5. The molecule has 0 atom stereocenters. The summed E-state index contributed by atoms with van der Waals surface area (Å²) in [5, 5.41) is 1.81. The Kier molecular flexibility index (Phi) is 4.67. The van der Waals surface area contributed by atoms with Crippen LogP contribution in [0.15, 0.2) is 36.4 Å². The summed E-state index contributed by atoms with van der Waals surface area (Å²) in [6.07, 6.45) is 0. The van der Waals surface area contributed by atoms with E-state index in [9.17, 15) is 9.18 Å². The van der Waals surface area contributed by atoms with Gasteiger partial charge in [-0.05, 0) is 56.4 Å². The minimum absolute atomic E-state index is 0.0253. The Morgan fingerprint density at radius 3 is 2.29 bits per heavy atom. The fourth-order valence-electron chi connectivity index (χ4n) is 3.32. The summed E-state index contributed by atoms with van der Waals surface area (Å²) in [5.74, 6) is -0.226. The summed E-state index contributed by atoms with van der Waals surface area (Å²) in [4.78, 5) is 14.1. The van der Waals surface area contributed by atoms with E-state index in [4.69, 9.17) is 0 Å². The van der Waals surface area contributed by atoms with Gasteiger partial charge in [0.15, 0.2) is 5.78 Å². The number of hydrogen-bond donors (Lipinski definition) is 0. The first kappa shape index (κ1) is 16.7. The van der Waals surface area contributed by atoms with Crippen molar-refractivity contribution in [3.8, 4) is 0 Å². The molecule has 0 N–H and O–H groups in total. The molecule has 3 aromatic rings. The summed E-state index contributed by atoms with van der Waals surface area (Å²) in [6.45, 7) is 9.67. The highest BCUT2D eigenvalue weighted by atomic mass is 19.1. The van der Waals surface area contributed by atoms with E-state index in [1.165, 1.54) is 6.07 Å². The van der Waals surface area contributed by atoms with Crippen molar-refractivity contribution >= 4 is 27.6 Å². The molecule has 0 saturated carbocycles. The zero-order chi connectivity index (χ0) is 17.3. The van der Waals surface area contributed by atoms with Gasteiger partial charge in [-0.1, -0.05) is 13.8 Å². The van der Waals surface area contributed by atoms with Crippen LogP contribution >= 0.6 is 0 Å². The van der Waals surface area contributed by atoms with Gasteiger partial charge >= 0.3 is 0 Å². The van der Waals surface area contributed by atoms with Crippen molar-refractivity contribution in [3.63, 3.8) is 0 Å². The first-order valence-electron chi connectivity index (χ1n) is 8.50. The monoisotopic (exact) mass is 326 g/mol. The van der Waals surface area contributed by atoms with Crippen LogP contribution < -0.4 is 0 Å². The molecular formula is C20H23FN2O. The van der Waals surface area contributed by atoms with Gasteiger partial charge < -0.3 is 9.47 Å². The molecule has 3 rings (SSSR count). The van der Waals surface area contributed by atoms with Crippen molar-refractivity contribution in [3.05, 3.63) is 47.8 Å². The van der Waals surface area contributed by atoms with Crippen LogP contribution in [-0.4, -0.2) is 34.9 Å². The molecular weight excluding hydrogens is 303 g/mol. The maximum absolute atomic E-state index is 13.8. The Balaban J connectivity index is 2.17. The minimum Gasteiger partial charge on any atom is -0.339 e. The average molecular weight is 326 g/mol. The molecule has 0 aliphatic carbocycles. The van der Waals surface area contributed by atoms with E-state index in [0.29, 0.717) is 5.56 Å². The molecule has 0 aliphatic rings. The van der Waals surface area contributed by atoms with Crippen LogP contribution in [0.5, 0.6) is 0 Å². The number of rotatable bonds is 6. The molecule has 0 bridgehead atoms. The Morgan fingerprint density at radius 2 is 1.67 bits per heavy atom. The number of likely N-dealkylation sites (N-methyl/N-ethyl adjacent to an activating group) is 1. The van der Waals surface area contributed by atoms with Gasteiger partial charge in [-0.25, -0.2) is 4.39 Å². The number of halogens is 1. The van der Waals surface area contributed by atoms with E-state index in [1.807, 2.05) is 24.3 Å². The minimum atomic E-state index is -0.251. The number of benzene rings is 2. The van der Waals surface area contributed by atoms with Gasteiger partial charge in [0.1, 0.15) is 5.82 Å². The Labute approximate surface area is 141 Å². The van der Waals surface area contributed by atoms with E-state index in [-0.39, 0.29) is 11.6 Å². The molecule has 0 spiro atoms. The summed E-state index contributed by atoms with van der Waals surface area (Å²) in [5.41, 5.74) is 2.72. The summed E-state index contributed by atoms with van der Waals surface area (Å²) >= 11 is 0. The largest absolute Gasteiger partial charge is 0.339 e. The predicted molar refractivity (Wildman–Crippen MR) is 97.2 cm³/mol. The third-order valence-electron chi connectivity index (χ3n) is 4.77. The Bertz CT molecular complexity index is 893. The standard InChI is InChI=1S/C20H23FN2O/c1-4-22(5-2)10-11-23-19-8-6-15(14(3)24)12-17(19)18-13-16(21)7-9-20(18)23/h6-9,12-13H,4-5,10-11H2,1-3H3. The number of carbonyl (C=O) groups excluding carboxylic acids is 1. The fourth-order valence-corrected chi connectivity index (χ4v) is 3.32. The van der Waals surface area contributed by atoms with E-state index < -0.39 is 0 Å². The predicted octanol–water partition coefficient (Wildman–Crippen LogP) is 4.48. The van der Waals surface area contributed by atoms with Crippen molar-refractivity contribution in [1.29, 1.82) is 0 Å². The van der Waals surface area contributed by atoms with Crippen molar-refractivity contribution in [2.24, 2.45) is 0 Å². The molecule has 24 heavy (non-hydrogen) atoms. The quantitative estimate of drug-likeness (QED) is 0.624. The Morgan fingerprint density at radius 1 is 1.04 bits per heavy atom. The van der Waals surface area contributed by atoms with Crippen LogP contribution in [0.2, 0.25) is 0 Å². The second-order valence-corrected chi connectivity index (χ2v) is 6.13. The van der Waals surface area contributed by atoms with Crippen LogP contribution in [-0.2, 0) is 6.54 Å². The smallest absolute Gasteiger partial charge is 0.159 e. The molecule has 126 valence electrons. The van der Waals surface area contributed by atoms with Gasteiger partial charge in [0.05, 0.1) is 0 Å². The Hall–Kier alpha value is -2.20. The number of carbonyl (C=O) groups is 1. The normalized spacial score (nSPS) is 11.7.